The number of fused-ring (bicyclic) bond motifs is 15. The van der Waals surface area contributed by atoms with Crippen LogP contribution in [0.1, 0.15) is 29.5 Å². The predicted octanol–water partition coefficient (Wildman–Crippen LogP) is 28.8. The highest BCUT2D eigenvalue weighted by atomic mass is 15.2. The van der Waals surface area contributed by atoms with E-state index in [1.54, 1.807) is 0 Å². The molecule has 0 bridgehead atoms. The van der Waals surface area contributed by atoms with Crippen LogP contribution >= 0.6 is 0 Å². The van der Waals surface area contributed by atoms with E-state index in [9.17, 15) is 5.26 Å². The third kappa shape index (κ3) is 10.7. The van der Waals surface area contributed by atoms with Crippen molar-refractivity contribution in [1.29, 1.82) is 5.26 Å². The molecule has 21 aromatic rings. The van der Waals surface area contributed by atoms with Crippen molar-refractivity contribution in [2.75, 3.05) is 4.90 Å². The van der Waals surface area contributed by atoms with Crippen LogP contribution in [0.15, 0.2) is 406 Å². The summed E-state index contributed by atoms with van der Waals surface area (Å²) >= 11 is 0. The number of benzene rings is 17. The number of nitrogens with zero attached hydrogens (tertiary/aromatic N) is 7. The molecule has 2 unspecified atom stereocenters. The van der Waals surface area contributed by atoms with Gasteiger partial charge in [0.25, 0.3) is 0 Å². The molecule has 4 aromatic heterocycles. The van der Waals surface area contributed by atoms with Crippen LogP contribution in [0.3, 0.4) is 0 Å². The fourth-order valence-corrected chi connectivity index (χ4v) is 19.8. The second-order valence-electron chi connectivity index (χ2n) is 32.1. The Kier molecular flexibility index (Phi) is 15.2. The summed E-state index contributed by atoms with van der Waals surface area (Å²) in [5, 5.41) is 19.3. The molecular formula is C112H71N7. The molecule has 0 saturated heterocycles. The van der Waals surface area contributed by atoms with E-state index in [1.807, 2.05) is 24.3 Å². The zero-order valence-corrected chi connectivity index (χ0v) is 64.9. The van der Waals surface area contributed by atoms with Gasteiger partial charge in [0.05, 0.1) is 61.7 Å². The lowest BCUT2D eigenvalue weighted by atomic mass is 9.77. The van der Waals surface area contributed by atoms with Crippen LogP contribution in [0.25, 0.3) is 199 Å². The smallest absolute Gasteiger partial charge is 0.160 e. The van der Waals surface area contributed by atoms with Gasteiger partial charge in [-0.25, -0.2) is 9.97 Å². The molecule has 0 radical (unpaired) electrons. The first-order valence-electron chi connectivity index (χ1n) is 40.8. The molecule has 0 fully saturated rings. The topological polar surface area (TPSA) is 67.6 Å². The Morgan fingerprint density at radius 2 is 0.697 bits per heavy atom. The minimum Gasteiger partial charge on any atom is -0.331 e. The second-order valence-corrected chi connectivity index (χ2v) is 32.1. The van der Waals surface area contributed by atoms with Crippen LogP contribution in [0.2, 0.25) is 0 Å². The van der Waals surface area contributed by atoms with Gasteiger partial charge in [0, 0.05) is 88.9 Å². The molecule has 554 valence electrons. The van der Waals surface area contributed by atoms with Gasteiger partial charge in [-0.3, -0.25) is 0 Å². The highest BCUT2D eigenvalue weighted by Crippen LogP contribution is 2.57. The number of hydrogen-bond acceptors (Lipinski definition) is 4. The molecule has 1 aliphatic heterocycles. The number of anilines is 2. The summed E-state index contributed by atoms with van der Waals surface area (Å²) in [5.41, 5.74) is 34.0. The summed E-state index contributed by atoms with van der Waals surface area (Å²) in [4.78, 5) is 14.0. The Morgan fingerprint density at radius 3 is 1.16 bits per heavy atom. The van der Waals surface area contributed by atoms with Crippen LogP contribution in [0, 0.1) is 11.3 Å². The molecule has 7 nitrogen and oxygen atoms in total. The fraction of sp³-hybridized carbons (Fsp3) is 0.0268. The molecule has 24 rings (SSSR count). The van der Waals surface area contributed by atoms with E-state index in [0.29, 0.717) is 11.4 Å². The third-order valence-corrected chi connectivity index (χ3v) is 25.4. The first-order valence-corrected chi connectivity index (χ1v) is 40.8. The zero-order chi connectivity index (χ0) is 78.6. The number of hydrogen-bond donors (Lipinski definition) is 0. The van der Waals surface area contributed by atoms with Gasteiger partial charge < -0.3 is 18.6 Å². The zero-order valence-electron chi connectivity index (χ0n) is 64.9. The molecule has 2 atom stereocenters. The van der Waals surface area contributed by atoms with E-state index in [-0.39, 0.29) is 11.5 Å². The monoisotopic (exact) mass is 1510 g/mol. The van der Waals surface area contributed by atoms with Gasteiger partial charge in [0.2, 0.25) is 0 Å². The summed E-state index contributed by atoms with van der Waals surface area (Å²) in [6.45, 7) is 2.39. The molecule has 0 amide bonds. The molecule has 5 heterocycles. The maximum atomic E-state index is 10.1. The standard InChI is InChI=1S/C112H71N7/c1-112-57-56-84(74-28-14-5-15-29-74)67-99(112)98-66-83(48-55-106(98)119(112)87-34-18-7-19-35-87)82-47-54-105-97(65-82)94-62-79(73-26-12-4-13-27-73)44-51-103(94)118(105)89-59-85(109-108-90-36-20-30-75-31-21-37-91(107(75)90)110(108)115-111(114-109)76-40-38-70(69-113)39-41-76)58-88(68-89)117-102-50-43-78(72-24-10-3-11-25-72)61-93(102)96-64-81(46-53-104(96)117)80-45-52-101-95(63-80)92-60-77(71-22-8-2-9-23-71)42-49-100(92)116(101)86-32-16-6-17-33-86/h2-68,99H,1H3. The van der Waals surface area contributed by atoms with Crippen molar-refractivity contribution < 1.29 is 0 Å². The fourth-order valence-electron chi connectivity index (χ4n) is 19.8. The van der Waals surface area contributed by atoms with E-state index in [1.165, 1.54) is 50.0 Å². The van der Waals surface area contributed by atoms with E-state index < -0.39 is 0 Å². The van der Waals surface area contributed by atoms with Crippen molar-refractivity contribution in [3.63, 3.8) is 0 Å². The van der Waals surface area contributed by atoms with Crippen molar-refractivity contribution in [3.05, 3.63) is 423 Å². The van der Waals surface area contributed by atoms with Crippen LogP contribution in [-0.4, -0.2) is 29.2 Å². The minimum atomic E-state index is -0.363. The lowest BCUT2D eigenvalue weighted by Crippen LogP contribution is -2.42. The van der Waals surface area contributed by atoms with Gasteiger partial charge in [-0.1, -0.05) is 255 Å². The first kappa shape index (κ1) is 67.7. The molecule has 3 aliphatic rings. The van der Waals surface area contributed by atoms with Crippen LogP contribution in [0.5, 0.6) is 0 Å². The Labute approximate surface area is 687 Å². The quantitative estimate of drug-likeness (QED) is 0.122. The molecule has 0 saturated carbocycles. The molecule has 2 aliphatic carbocycles. The van der Waals surface area contributed by atoms with Gasteiger partial charge in [-0.15, -0.1) is 0 Å². The van der Waals surface area contributed by atoms with Crippen molar-refractivity contribution in [1.82, 2.24) is 23.7 Å². The molecular weight excluding hydrogens is 1440 g/mol. The van der Waals surface area contributed by atoms with Gasteiger partial charge in [0.1, 0.15) is 0 Å². The maximum absolute atomic E-state index is 10.1. The lowest BCUT2D eigenvalue weighted by Gasteiger charge is -2.40. The number of para-hydroxylation sites is 2. The molecule has 7 heteroatoms. The van der Waals surface area contributed by atoms with Gasteiger partial charge >= 0.3 is 0 Å². The first-order chi connectivity index (χ1) is 58.8. The number of allylic oxidation sites excluding steroid dienone is 2. The summed E-state index contributed by atoms with van der Waals surface area (Å²) < 4.78 is 7.40. The SMILES string of the molecule is CC12C=CC(c3ccccc3)=CC1c1cc(-c3ccc4c(c3)c3cc(-c5ccccc5)ccc3n4-c3cc(-c4nc(-c5ccc(C#N)cc5)nc5c4-c4cccc6cccc-5c46)cc(-n4c5ccc(-c6ccccc6)cc5c5cc(-c6ccc7c(c6)c6cc(-c8ccccc8)ccc6n7-c6ccccc6)ccc54)c3)ccc1N2c1ccccc1. The maximum Gasteiger partial charge on any atom is 0.160 e. The lowest BCUT2D eigenvalue weighted by molar-refractivity contribution is 0.544. The third-order valence-electron chi connectivity index (χ3n) is 25.4. The molecule has 0 spiro atoms. The van der Waals surface area contributed by atoms with E-state index in [4.69, 9.17) is 9.97 Å². The summed E-state index contributed by atoms with van der Waals surface area (Å²) in [6, 6.07) is 144. The van der Waals surface area contributed by atoms with E-state index in [0.717, 1.165) is 166 Å². The highest BCUT2D eigenvalue weighted by Gasteiger charge is 2.48. The van der Waals surface area contributed by atoms with Crippen molar-refractivity contribution in [2.45, 2.75) is 18.4 Å². The summed E-state index contributed by atoms with van der Waals surface area (Å²) in [5.74, 6) is 0.635. The Bertz CT molecular complexity index is 7900. The number of rotatable bonds is 12. The number of aromatic nitrogens is 5. The van der Waals surface area contributed by atoms with Crippen molar-refractivity contribution in [3.8, 4) is 124 Å². The normalized spacial score (nSPS) is 14.5. The Hall–Kier alpha value is -15.8. The molecule has 0 N–H and O–H groups in total. The minimum absolute atomic E-state index is 0.0597. The Balaban J connectivity index is 0.750. The molecule has 17 aromatic carbocycles. The van der Waals surface area contributed by atoms with Gasteiger partial charge in [-0.2, -0.15) is 5.26 Å². The molecule has 119 heavy (non-hydrogen) atoms. The van der Waals surface area contributed by atoms with Crippen molar-refractivity contribution in [2.24, 2.45) is 0 Å². The van der Waals surface area contributed by atoms with Crippen LogP contribution < -0.4 is 4.90 Å². The average molecular weight is 1510 g/mol. The van der Waals surface area contributed by atoms with Crippen LogP contribution in [-0.2, 0) is 0 Å². The predicted molar refractivity (Wildman–Crippen MR) is 493 cm³/mol. The average Bonchev–Trinajstić information content (AvgIpc) is 1.56. The summed E-state index contributed by atoms with van der Waals surface area (Å²) in [6.07, 6.45) is 7.26. The Morgan fingerprint density at radius 1 is 0.311 bits per heavy atom. The van der Waals surface area contributed by atoms with Crippen molar-refractivity contribution >= 4 is 93.1 Å². The van der Waals surface area contributed by atoms with Gasteiger partial charge in [-0.05, 0) is 247 Å². The largest absolute Gasteiger partial charge is 0.331 e. The number of nitriles is 1. The highest BCUT2D eigenvalue weighted by molar-refractivity contribution is 6.19. The van der Waals surface area contributed by atoms with E-state index >= 15 is 0 Å². The second kappa shape index (κ2) is 26.7. The summed E-state index contributed by atoms with van der Waals surface area (Å²) in [7, 11) is 0. The van der Waals surface area contributed by atoms with E-state index in [2.05, 4.69) is 414 Å². The van der Waals surface area contributed by atoms with Crippen LogP contribution in [0.4, 0.5) is 11.4 Å². The van der Waals surface area contributed by atoms with Gasteiger partial charge in [0.15, 0.2) is 5.82 Å².